The zero-order valence-corrected chi connectivity index (χ0v) is 7.51. The lowest BCUT2D eigenvalue weighted by molar-refractivity contribution is 0.937. The van der Waals surface area contributed by atoms with E-state index in [0.717, 1.165) is 18.9 Å². The molecule has 2 rings (SSSR count). The van der Waals surface area contributed by atoms with Gasteiger partial charge in [0.25, 0.3) is 0 Å². The highest BCUT2D eigenvalue weighted by Gasteiger charge is 2.12. The van der Waals surface area contributed by atoms with E-state index in [0.29, 0.717) is 5.15 Å². The molecule has 1 aliphatic rings. The molecule has 0 aliphatic carbocycles. The van der Waals surface area contributed by atoms with Crippen molar-refractivity contribution in [2.75, 3.05) is 18.0 Å². The normalized spacial score (nSPS) is 16.9. The van der Waals surface area contributed by atoms with Crippen molar-refractivity contribution in [1.82, 2.24) is 4.98 Å². The Hall–Kier alpha value is -0.760. The molecule has 12 heavy (non-hydrogen) atoms. The second-order valence-corrected chi connectivity index (χ2v) is 3.33. The molecule has 0 spiro atoms. The Balaban J connectivity index is 2.21. The van der Waals surface area contributed by atoms with E-state index in [9.17, 15) is 0 Å². The standard InChI is InChI=1S/C9H10ClN2/c10-8-4-3-5-9(11-8)12-6-1-2-7-12/h4-5H,1-2,6-7H2. The predicted octanol–water partition coefficient (Wildman–Crippen LogP) is 2.14. The minimum absolute atomic E-state index is 0.527. The molecule has 0 aromatic carbocycles. The third kappa shape index (κ3) is 1.53. The molecule has 1 fully saturated rings. The van der Waals surface area contributed by atoms with Crippen LogP contribution in [-0.2, 0) is 0 Å². The highest BCUT2D eigenvalue weighted by molar-refractivity contribution is 6.29. The van der Waals surface area contributed by atoms with Gasteiger partial charge in [0.15, 0.2) is 0 Å². The summed E-state index contributed by atoms with van der Waals surface area (Å²) in [5.41, 5.74) is 0. The lowest BCUT2D eigenvalue weighted by Crippen LogP contribution is -2.18. The molecule has 2 heterocycles. The van der Waals surface area contributed by atoms with E-state index in [1.165, 1.54) is 12.8 Å². The first-order valence-electron chi connectivity index (χ1n) is 4.15. The quantitative estimate of drug-likeness (QED) is 0.618. The van der Waals surface area contributed by atoms with Crippen LogP contribution < -0.4 is 4.90 Å². The van der Waals surface area contributed by atoms with Gasteiger partial charge < -0.3 is 4.90 Å². The smallest absolute Gasteiger partial charge is 0.132 e. The van der Waals surface area contributed by atoms with E-state index in [1.807, 2.05) is 6.07 Å². The van der Waals surface area contributed by atoms with Crippen LogP contribution in [0, 0.1) is 6.07 Å². The molecule has 0 saturated carbocycles. The number of pyridine rings is 1. The Morgan fingerprint density at radius 3 is 2.75 bits per heavy atom. The van der Waals surface area contributed by atoms with Crippen molar-refractivity contribution in [3.63, 3.8) is 0 Å². The van der Waals surface area contributed by atoms with Crippen molar-refractivity contribution < 1.29 is 0 Å². The van der Waals surface area contributed by atoms with Crippen molar-refractivity contribution in [3.05, 3.63) is 23.4 Å². The zero-order valence-electron chi connectivity index (χ0n) is 6.76. The molecular weight excluding hydrogens is 172 g/mol. The number of hydrogen-bond acceptors (Lipinski definition) is 2. The second kappa shape index (κ2) is 3.31. The Kier molecular flexibility index (Phi) is 2.17. The summed E-state index contributed by atoms with van der Waals surface area (Å²) in [5.74, 6) is 0.958. The van der Waals surface area contributed by atoms with Gasteiger partial charge in [-0.05, 0) is 31.0 Å². The number of hydrogen-bond donors (Lipinski definition) is 0. The van der Waals surface area contributed by atoms with Gasteiger partial charge in [-0.1, -0.05) is 11.6 Å². The number of nitrogens with zero attached hydrogens (tertiary/aromatic N) is 2. The summed E-state index contributed by atoms with van der Waals surface area (Å²) in [4.78, 5) is 6.45. The molecule has 1 aromatic rings. The summed E-state index contributed by atoms with van der Waals surface area (Å²) < 4.78 is 0. The van der Waals surface area contributed by atoms with Gasteiger partial charge >= 0.3 is 0 Å². The average molecular weight is 182 g/mol. The molecule has 0 unspecified atom stereocenters. The summed E-state index contributed by atoms with van der Waals surface area (Å²) >= 11 is 5.75. The molecule has 0 amide bonds. The maximum absolute atomic E-state index is 5.75. The Bertz CT molecular complexity index is 269. The fourth-order valence-corrected chi connectivity index (χ4v) is 1.62. The molecule has 0 N–H and O–H groups in total. The summed E-state index contributed by atoms with van der Waals surface area (Å²) in [5, 5.41) is 0.527. The summed E-state index contributed by atoms with van der Waals surface area (Å²) in [6.07, 6.45) is 2.52. The number of rotatable bonds is 1. The van der Waals surface area contributed by atoms with Crippen molar-refractivity contribution in [3.8, 4) is 0 Å². The van der Waals surface area contributed by atoms with E-state index in [1.54, 1.807) is 6.07 Å². The molecule has 1 saturated heterocycles. The van der Waals surface area contributed by atoms with Gasteiger partial charge in [0.1, 0.15) is 11.0 Å². The van der Waals surface area contributed by atoms with E-state index < -0.39 is 0 Å². The van der Waals surface area contributed by atoms with Crippen LogP contribution in [0.25, 0.3) is 0 Å². The first kappa shape index (κ1) is 7.87. The van der Waals surface area contributed by atoms with Gasteiger partial charge in [0, 0.05) is 13.1 Å². The Labute approximate surface area is 77.2 Å². The van der Waals surface area contributed by atoms with Gasteiger partial charge in [0.05, 0.1) is 0 Å². The highest BCUT2D eigenvalue weighted by Crippen LogP contribution is 2.18. The molecule has 3 heteroatoms. The second-order valence-electron chi connectivity index (χ2n) is 2.94. The van der Waals surface area contributed by atoms with E-state index in [2.05, 4.69) is 16.0 Å². The first-order chi connectivity index (χ1) is 5.86. The fourth-order valence-electron chi connectivity index (χ4n) is 1.47. The van der Waals surface area contributed by atoms with Crippen molar-refractivity contribution in [2.45, 2.75) is 12.8 Å². The van der Waals surface area contributed by atoms with Crippen LogP contribution in [0.3, 0.4) is 0 Å². The third-order valence-electron chi connectivity index (χ3n) is 2.07. The van der Waals surface area contributed by atoms with Crippen LogP contribution in [0.1, 0.15) is 12.8 Å². The highest BCUT2D eigenvalue weighted by atomic mass is 35.5. The van der Waals surface area contributed by atoms with Crippen LogP contribution in [0.15, 0.2) is 12.1 Å². The number of aromatic nitrogens is 1. The van der Waals surface area contributed by atoms with Crippen molar-refractivity contribution >= 4 is 17.4 Å². The molecule has 63 valence electrons. The third-order valence-corrected chi connectivity index (χ3v) is 2.26. The lowest BCUT2D eigenvalue weighted by Gasteiger charge is -2.15. The number of halogens is 1. The van der Waals surface area contributed by atoms with Crippen molar-refractivity contribution in [2.24, 2.45) is 0 Å². The van der Waals surface area contributed by atoms with Gasteiger partial charge in [-0.3, -0.25) is 0 Å². The molecule has 1 aromatic heterocycles. The van der Waals surface area contributed by atoms with E-state index >= 15 is 0 Å². The first-order valence-corrected chi connectivity index (χ1v) is 4.52. The minimum atomic E-state index is 0.527. The van der Waals surface area contributed by atoms with E-state index in [-0.39, 0.29) is 0 Å². The van der Waals surface area contributed by atoms with Gasteiger partial charge in [-0.25, -0.2) is 4.98 Å². The van der Waals surface area contributed by atoms with Crippen molar-refractivity contribution in [1.29, 1.82) is 0 Å². The van der Waals surface area contributed by atoms with Crippen LogP contribution >= 0.6 is 11.6 Å². The molecule has 0 bridgehead atoms. The predicted molar refractivity (Wildman–Crippen MR) is 49.5 cm³/mol. The minimum Gasteiger partial charge on any atom is -0.357 e. The number of anilines is 1. The molecule has 1 aliphatic heterocycles. The maximum atomic E-state index is 5.75. The summed E-state index contributed by atoms with van der Waals surface area (Å²) in [6.45, 7) is 2.20. The molecular formula is C9H10ClN2. The van der Waals surface area contributed by atoms with Crippen LogP contribution in [0.2, 0.25) is 5.15 Å². The van der Waals surface area contributed by atoms with Crippen LogP contribution in [0.5, 0.6) is 0 Å². The molecule has 2 nitrogen and oxygen atoms in total. The SMILES string of the molecule is Clc1c[c]cc(N2CCCC2)n1. The van der Waals surface area contributed by atoms with Gasteiger partial charge in [0.2, 0.25) is 0 Å². The average Bonchev–Trinajstić information content (AvgIpc) is 2.56. The van der Waals surface area contributed by atoms with Crippen LogP contribution in [-0.4, -0.2) is 18.1 Å². The summed E-state index contributed by atoms with van der Waals surface area (Å²) in [7, 11) is 0. The van der Waals surface area contributed by atoms with Gasteiger partial charge in [-0.15, -0.1) is 0 Å². The summed E-state index contributed by atoms with van der Waals surface area (Å²) in [6, 6.07) is 6.54. The molecule has 1 radical (unpaired) electrons. The maximum Gasteiger partial charge on any atom is 0.132 e. The Morgan fingerprint density at radius 2 is 2.08 bits per heavy atom. The fraction of sp³-hybridized carbons (Fsp3) is 0.444. The Morgan fingerprint density at radius 1 is 1.33 bits per heavy atom. The lowest BCUT2D eigenvalue weighted by atomic mass is 10.4. The van der Waals surface area contributed by atoms with Gasteiger partial charge in [-0.2, -0.15) is 0 Å². The van der Waals surface area contributed by atoms with E-state index in [4.69, 9.17) is 11.6 Å². The zero-order chi connectivity index (χ0) is 8.39. The molecule has 0 atom stereocenters. The topological polar surface area (TPSA) is 16.1 Å². The monoisotopic (exact) mass is 181 g/mol. The largest absolute Gasteiger partial charge is 0.357 e. The van der Waals surface area contributed by atoms with Crippen LogP contribution in [0.4, 0.5) is 5.82 Å².